The summed E-state index contributed by atoms with van der Waals surface area (Å²) in [5.41, 5.74) is 8.75. The standard InChI is InChI=1S/C25H28FN5O5/c1-34-22(32)12-13-35-19-9-2-15(3-10-19)16-4-11-21(20(27)14-16)29-23(33)24-30-31-25(36-24)28-18-7-5-17(26)6-8-18/h4-8,11,14-15,19H,2-3,9-10,12-13,27H2,1H3,(H,28,31)(H,29,33)/p+1. The first-order valence-corrected chi connectivity index (χ1v) is 11.7. The van der Waals surface area contributed by atoms with E-state index in [9.17, 15) is 14.0 Å². The van der Waals surface area contributed by atoms with Gasteiger partial charge in [0.1, 0.15) is 12.2 Å². The number of halogens is 1. The number of nitrogens with zero attached hydrogens (tertiary/aromatic N) is 2. The molecule has 0 saturated heterocycles. The molecular weight excluding hydrogens is 469 g/mol. The molecule has 1 aliphatic rings. The number of rotatable bonds is 9. The molecule has 4 rings (SSSR count). The minimum Gasteiger partial charge on any atom is -0.399 e. The monoisotopic (exact) mass is 498 g/mol. The highest BCUT2D eigenvalue weighted by Gasteiger charge is 2.24. The number of carbonyl (C=O) groups is 1. The van der Waals surface area contributed by atoms with Gasteiger partial charge in [0.05, 0.1) is 24.1 Å². The predicted molar refractivity (Wildman–Crippen MR) is 132 cm³/mol. The van der Waals surface area contributed by atoms with Crippen LogP contribution in [-0.4, -0.2) is 46.7 Å². The van der Waals surface area contributed by atoms with E-state index >= 15 is 0 Å². The van der Waals surface area contributed by atoms with Gasteiger partial charge < -0.3 is 35.1 Å². The Morgan fingerprint density at radius 1 is 1.17 bits per heavy atom. The molecule has 36 heavy (non-hydrogen) atoms. The summed E-state index contributed by atoms with van der Waals surface area (Å²) in [5.74, 6) is -0.869. The third-order valence-electron chi connectivity index (χ3n) is 6.09. The van der Waals surface area contributed by atoms with E-state index in [1.807, 2.05) is 12.1 Å². The maximum Gasteiger partial charge on any atom is 0.484 e. The zero-order valence-corrected chi connectivity index (χ0v) is 19.9. The van der Waals surface area contributed by atoms with Crippen LogP contribution in [0, 0.1) is 5.82 Å². The molecule has 3 aromatic rings. The molecule has 1 aliphatic carbocycles. The third kappa shape index (κ3) is 6.57. The van der Waals surface area contributed by atoms with E-state index in [1.165, 1.54) is 31.4 Å². The van der Waals surface area contributed by atoms with Gasteiger partial charge in [0, 0.05) is 5.69 Å². The first-order valence-electron chi connectivity index (χ1n) is 11.7. The quantitative estimate of drug-likeness (QED) is 0.224. The number of benzene rings is 2. The van der Waals surface area contributed by atoms with Crippen molar-refractivity contribution in [2.45, 2.75) is 44.1 Å². The van der Waals surface area contributed by atoms with Crippen LogP contribution >= 0.6 is 0 Å². The average Bonchev–Trinajstić information content (AvgIpc) is 3.35. The summed E-state index contributed by atoms with van der Waals surface area (Å²) in [5, 5.41) is 13.0. The van der Waals surface area contributed by atoms with Crippen molar-refractivity contribution >= 4 is 35.0 Å². The number of nitrogens with one attached hydrogen (secondary N) is 2. The Bertz CT molecular complexity index is 1190. The lowest BCUT2D eigenvalue weighted by Gasteiger charge is -2.29. The van der Waals surface area contributed by atoms with Crippen molar-refractivity contribution in [3.05, 3.63) is 59.7 Å². The van der Waals surface area contributed by atoms with E-state index in [4.69, 9.17) is 19.6 Å². The van der Waals surface area contributed by atoms with Crippen molar-refractivity contribution in [2.24, 2.45) is 0 Å². The van der Waals surface area contributed by atoms with Crippen molar-refractivity contribution in [2.75, 3.05) is 30.1 Å². The van der Waals surface area contributed by atoms with Gasteiger partial charge in [-0.1, -0.05) is 11.2 Å². The lowest BCUT2D eigenvalue weighted by Crippen LogP contribution is -2.22. The van der Waals surface area contributed by atoms with Gasteiger partial charge in [-0.2, -0.15) is 0 Å². The summed E-state index contributed by atoms with van der Waals surface area (Å²) >= 11 is 0. The fourth-order valence-electron chi connectivity index (χ4n) is 4.12. The summed E-state index contributed by atoms with van der Waals surface area (Å²) in [6.45, 7) is 0.431. The first kappa shape index (κ1) is 25.1. The largest absolute Gasteiger partial charge is 0.484 e. The SMILES string of the molecule is COC(=[OH+])CCOC1CCC(c2ccc(NC(=O)c3nnc(Nc4ccc(F)cc4)o3)c(N)c2)CC1. The fourth-order valence-corrected chi connectivity index (χ4v) is 4.12. The minimum absolute atomic E-state index is 0.00305. The molecule has 5 N–H and O–H groups in total. The number of hydrogen-bond acceptors (Lipinski definition) is 8. The number of anilines is 4. The van der Waals surface area contributed by atoms with Crippen molar-refractivity contribution in [3.63, 3.8) is 0 Å². The molecule has 0 atom stereocenters. The van der Waals surface area contributed by atoms with E-state index in [0.29, 0.717) is 36.0 Å². The normalized spacial score (nSPS) is 17.4. The maximum absolute atomic E-state index is 13.0. The van der Waals surface area contributed by atoms with Gasteiger partial charge >= 0.3 is 23.8 Å². The second-order valence-electron chi connectivity index (χ2n) is 8.54. The highest BCUT2D eigenvalue weighted by Crippen LogP contribution is 2.36. The van der Waals surface area contributed by atoms with Crippen LogP contribution in [0.3, 0.4) is 0 Å². The first-order chi connectivity index (χ1) is 17.4. The number of esters is 1. The molecule has 1 amide bonds. The Kier molecular flexibility index (Phi) is 8.11. The van der Waals surface area contributed by atoms with E-state index in [1.54, 1.807) is 6.07 Å². The molecule has 1 fully saturated rings. The number of amides is 1. The molecule has 0 radical (unpaired) electrons. The Morgan fingerprint density at radius 2 is 1.92 bits per heavy atom. The molecule has 0 bridgehead atoms. The number of hydrogen-bond donors (Lipinski definition) is 3. The Morgan fingerprint density at radius 3 is 2.61 bits per heavy atom. The second-order valence-corrected chi connectivity index (χ2v) is 8.54. The maximum atomic E-state index is 13.0. The van der Waals surface area contributed by atoms with Crippen LogP contribution in [0.25, 0.3) is 0 Å². The average molecular weight is 499 g/mol. The van der Waals surface area contributed by atoms with E-state index < -0.39 is 5.91 Å². The van der Waals surface area contributed by atoms with Crippen molar-refractivity contribution in [3.8, 4) is 0 Å². The highest BCUT2D eigenvalue weighted by molar-refractivity contribution is 6.02. The molecule has 190 valence electrons. The second kappa shape index (κ2) is 11.6. The molecule has 11 heteroatoms. The van der Waals surface area contributed by atoms with Crippen LogP contribution in [0.2, 0.25) is 0 Å². The molecule has 0 unspecified atom stereocenters. The zero-order valence-electron chi connectivity index (χ0n) is 19.9. The lowest BCUT2D eigenvalue weighted by molar-refractivity contribution is 0.0265. The zero-order chi connectivity index (χ0) is 25.5. The summed E-state index contributed by atoms with van der Waals surface area (Å²) in [6, 6.07) is 11.2. The number of nitrogen functional groups attached to an aromatic ring is 1. The molecule has 2 aromatic carbocycles. The van der Waals surface area contributed by atoms with Gasteiger partial charge in [-0.3, -0.25) is 4.79 Å². The van der Waals surface area contributed by atoms with Gasteiger partial charge in [-0.15, -0.1) is 5.10 Å². The van der Waals surface area contributed by atoms with Gasteiger partial charge in [0.25, 0.3) is 0 Å². The van der Waals surface area contributed by atoms with Gasteiger partial charge in [-0.05, 0) is 73.6 Å². The summed E-state index contributed by atoms with van der Waals surface area (Å²) < 4.78 is 29.0. The Balaban J connectivity index is 1.29. The van der Waals surface area contributed by atoms with Gasteiger partial charge in [0.2, 0.25) is 0 Å². The van der Waals surface area contributed by atoms with Crippen molar-refractivity contribution in [1.82, 2.24) is 10.2 Å². The molecule has 1 saturated carbocycles. The third-order valence-corrected chi connectivity index (χ3v) is 6.09. The molecule has 10 nitrogen and oxygen atoms in total. The molecular formula is C25H29FN5O5+. The van der Waals surface area contributed by atoms with Crippen molar-refractivity contribution < 1.29 is 27.9 Å². The van der Waals surface area contributed by atoms with Gasteiger partial charge in [0.15, 0.2) is 7.11 Å². The number of nitrogens with two attached hydrogens (primary N) is 1. The van der Waals surface area contributed by atoms with Crippen LogP contribution < -0.4 is 16.4 Å². The Hall–Kier alpha value is -3.99. The van der Waals surface area contributed by atoms with Crippen LogP contribution in [0.15, 0.2) is 46.9 Å². The topological polar surface area (TPSA) is 146 Å². The summed E-state index contributed by atoms with van der Waals surface area (Å²) in [7, 11) is 1.43. The van der Waals surface area contributed by atoms with Crippen LogP contribution in [0.1, 0.15) is 54.3 Å². The molecule has 0 aliphatic heterocycles. The number of ether oxygens (including phenoxy) is 2. The van der Waals surface area contributed by atoms with Crippen LogP contribution in [0.5, 0.6) is 0 Å². The highest BCUT2D eigenvalue weighted by atomic mass is 19.1. The minimum atomic E-state index is -0.594. The predicted octanol–water partition coefficient (Wildman–Crippen LogP) is 4.37. The lowest BCUT2D eigenvalue weighted by atomic mass is 9.82. The molecule has 1 aromatic heterocycles. The summed E-state index contributed by atoms with van der Waals surface area (Å²) in [4.78, 5) is 21.9. The van der Waals surface area contributed by atoms with Crippen molar-refractivity contribution in [1.29, 1.82) is 0 Å². The molecule has 0 spiro atoms. The fraction of sp³-hybridized carbons (Fsp3) is 0.360. The van der Waals surface area contributed by atoms with Crippen LogP contribution in [-0.2, 0) is 9.47 Å². The Labute approximate surface area is 207 Å². The summed E-state index contributed by atoms with van der Waals surface area (Å²) in [6.07, 6.45) is 4.29. The number of methoxy groups -OCH3 is 1. The smallest absolute Gasteiger partial charge is 0.399 e. The molecule has 1 heterocycles. The number of aromatic nitrogens is 2. The van der Waals surface area contributed by atoms with E-state index in [0.717, 1.165) is 31.2 Å². The van der Waals surface area contributed by atoms with E-state index in [-0.39, 0.29) is 29.8 Å². The van der Waals surface area contributed by atoms with Crippen LogP contribution in [0.4, 0.5) is 27.5 Å². The van der Waals surface area contributed by atoms with Gasteiger partial charge in [-0.25, -0.2) is 4.39 Å². The number of carbonyl (C=O) groups excluding carboxylic acids is 2. The van der Waals surface area contributed by atoms with E-state index in [2.05, 4.69) is 20.8 Å².